The Bertz CT molecular complexity index is 494. The molecule has 2 rings (SSSR count). The van der Waals surface area contributed by atoms with Crippen LogP contribution < -0.4 is 0 Å². The summed E-state index contributed by atoms with van der Waals surface area (Å²) in [4.78, 5) is 19.5. The molecule has 3 heteroatoms. The molecule has 0 atom stereocenters. The second-order valence-corrected chi connectivity index (χ2v) is 3.64. The monoisotopic (exact) mass is 212 g/mol. The Labute approximate surface area is 94.2 Å². The summed E-state index contributed by atoms with van der Waals surface area (Å²) in [7, 11) is 0. The first-order chi connectivity index (χ1) is 7.75. The van der Waals surface area contributed by atoms with Gasteiger partial charge in [0.05, 0.1) is 17.6 Å². The number of rotatable bonds is 3. The van der Waals surface area contributed by atoms with E-state index in [-0.39, 0.29) is 5.78 Å². The summed E-state index contributed by atoms with van der Waals surface area (Å²) in [6, 6.07) is 9.81. The van der Waals surface area contributed by atoms with Gasteiger partial charge in [0, 0.05) is 18.2 Å². The van der Waals surface area contributed by atoms with Crippen molar-refractivity contribution in [2.75, 3.05) is 0 Å². The summed E-state index contributed by atoms with van der Waals surface area (Å²) in [5.41, 5.74) is 2.54. The molecule has 1 aromatic carbocycles. The molecule has 0 amide bonds. The fourth-order valence-corrected chi connectivity index (χ4v) is 1.49. The van der Waals surface area contributed by atoms with Crippen LogP contribution in [0.25, 0.3) is 11.3 Å². The first-order valence-corrected chi connectivity index (χ1v) is 5.11. The lowest BCUT2D eigenvalue weighted by molar-refractivity contribution is -0.116. The van der Waals surface area contributed by atoms with Crippen molar-refractivity contribution in [1.82, 2.24) is 9.97 Å². The van der Waals surface area contributed by atoms with Crippen LogP contribution >= 0.6 is 0 Å². The minimum absolute atomic E-state index is 0.0968. The second-order valence-electron chi connectivity index (χ2n) is 3.64. The van der Waals surface area contributed by atoms with Crippen LogP contribution in [0.4, 0.5) is 0 Å². The number of ketones is 1. The van der Waals surface area contributed by atoms with Crippen molar-refractivity contribution in [1.29, 1.82) is 0 Å². The van der Waals surface area contributed by atoms with Gasteiger partial charge in [0.25, 0.3) is 0 Å². The normalized spacial score (nSPS) is 10.1. The fraction of sp³-hybridized carbons (Fsp3) is 0.154. The third kappa shape index (κ3) is 2.51. The van der Waals surface area contributed by atoms with Gasteiger partial charge in [-0.25, -0.2) is 4.98 Å². The van der Waals surface area contributed by atoms with E-state index in [4.69, 9.17) is 0 Å². The van der Waals surface area contributed by atoms with Crippen molar-refractivity contribution in [3.05, 3.63) is 48.4 Å². The van der Waals surface area contributed by atoms with Gasteiger partial charge in [-0.15, -0.1) is 0 Å². The van der Waals surface area contributed by atoms with Crippen LogP contribution in [0.15, 0.2) is 42.7 Å². The van der Waals surface area contributed by atoms with Gasteiger partial charge in [0.1, 0.15) is 5.78 Å². The number of nitrogens with zero attached hydrogens (tertiary/aromatic N) is 2. The van der Waals surface area contributed by atoms with Crippen molar-refractivity contribution >= 4 is 5.78 Å². The zero-order chi connectivity index (χ0) is 11.4. The van der Waals surface area contributed by atoms with Crippen LogP contribution in [0, 0.1) is 0 Å². The van der Waals surface area contributed by atoms with Gasteiger partial charge in [-0.05, 0) is 6.92 Å². The third-order valence-electron chi connectivity index (χ3n) is 2.18. The van der Waals surface area contributed by atoms with Gasteiger partial charge in [-0.2, -0.15) is 0 Å². The Morgan fingerprint density at radius 1 is 1.19 bits per heavy atom. The maximum atomic E-state index is 11.0. The van der Waals surface area contributed by atoms with E-state index in [1.807, 2.05) is 30.3 Å². The molecule has 0 saturated heterocycles. The molecule has 16 heavy (non-hydrogen) atoms. The SMILES string of the molecule is CC(=O)Cc1cncc(-c2ccccc2)n1. The molecule has 0 N–H and O–H groups in total. The molecule has 0 unspecified atom stereocenters. The lowest BCUT2D eigenvalue weighted by atomic mass is 10.1. The average molecular weight is 212 g/mol. The molecule has 0 aliphatic carbocycles. The Kier molecular flexibility index (Phi) is 3.05. The molecule has 3 nitrogen and oxygen atoms in total. The first-order valence-electron chi connectivity index (χ1n) is 5.11. The maximum absolute atomic E-state index is 11.0. The molecule has 80 valence electrons. The van der Waals surface area contributed by atoms with E-state index in [1.165, 1.54) is 0 Å². The molecule has 2 aromatic rings. The number of benzene rings is 1. The van der Waals surface area contributed by atoms with Crippen LogP contribution in [-0.2, 0) is 11.2 Å². The molecular weight excluding hydrogens is 200 g/mol. The number of Topliss-reactive ketones (excluding diaryl/α,β-unsaturated/α-hetero) is 1. The first kappa shape index (κ1) is 10.5. The number of aromatic nitrogens is 2. The van der Waals surface area contributed by atoms with Crippen molar-refractivity contribution in [3.8, 4) is 11.3 Å². The third-order valence-corrected chi connectivity index (χ3v) is 2.18. The highest BCUT2D eigenvalue weighted by Crippen LogP contribution is 2.15. The highest BCUT2D eigenvalue weighted by Gasteiger charge is 2.03. The topological polar surface area (TPSA) is 42.9 Å². The van der Waals surface area contributed by atoms with Crippen molar-refractivity contribution in [2.24, 2.45) is 0 Å². The molecule has 0 saturated carbocycles. The van der Waals surface area contributed by atoms with Crippen LogP contribution in [0.5, 0.6) is 0 Å². The molecule has 0 aliphatic rings. The number of carbonyl (C=O) groups is 1. The zero-order valence-corrected chi connectivity index (χ0v) is 9.05. The fourth-order valence-electron chi connectivity index (χ4n) is 1.49. The van der Waals surface area contributed by atoms with E-state index in [2.05, 4.69) is 9.97 Å². The van der Waals surface area contributed by atoms with Crippen LogP contribution in [0.3, 0.4) is 0 Å². The largest absolute Gasteiger partial charge is 0.300 e. The van der Waals surface area contributed by atoms with E-state index in [0.29, 0.717) is 12.1 Å². The summed E-state index contributed by atoms with van der Waals surface area (Å²) in [6.07, 6.45) is 3.68. The maximum Gasteiger partial charge on any atom is 0.135 e. The van der Waals surface area contributed by atoms with Crippen molar-refractivity contribution in [3.63, 3.8) is 0 Å². The molecule has 0 fully saturated rings. The van der Waals surface area contributed by atoms with E-state index in [9.17, 15) is 4.79 Å². The van der Waals surface area contributed by atoms with Crippen molar-refractivity contribution < 1.29 is 4.79 Å². The van der Waals surface area contributed by atoms with Gasteiger partial charge in [-0.3, -0.25) is 9.78 Å². The van der Waals surface area contributed by atoms with Gasteiger partial charge in [-0.1, -0.05) is 30.3 Å². The molecule has 0 spiro atoms. The van der Waals surface area contributed by atoms with Gasteiger partial charge >= 0.3 is 0 Å². The minimum Gasteiger partial charge on any atom is -0.300 e. The van der Waals surface area contributed by atoms with Gasteiger partial charge < -0.3 is 0 Å². The van der Waals surface area contributed by atoms with Gasteiger partial charge in [0.2, 0.25) is 0 Å². The molecule has 0 radical (unpaired) electrons. The minimum atomic E-state index is 0.0968. The summed E-state index contributed by atoms with van der Waals surface area (Å²) in [5.74, 6) is 0.0968. The van der Waals surface area contributed by atoms with E-state index < -0.39 is 0 Å². The van der Waals surface area contributed by atoms with E-state index in [0.717, 1.165) is 11.3 Å². The number of carbonyl (C=O) groups excluding carboxylic acids is 1. The quantitative estimate of drug-likeness (QED) is 0.783. The van der Waals surface area contributed by atoms with E-state index in [1.54, 1.807) is 19.3 Å². The Balaban J connectivity index is 2.33. The summed E-state index contributed by atoms with van der Waals surface area (Å²) in [5, 5.41) is 0. The van der Waals surface area contributed by atoms with Crippen molar-refractivity contribution in [2.45, 2.75) is 13.3 Å². The predicted molar refractivity (Wildman–Crippen MR) is 61.9 cm³/mol. The zero-order valence-electron chi connectivity index (χ0n) is 9.05. The lowest BCUT2D eigenvalue weighted by Crippen LogP contribution is -2.00. The summed E-state index contributed by atoms with van der Waals surface area (Å²) >= 11 is 0. The molecule has 0 bridgehead atoms. The number of hydrogen-bond donors (Lipinski definition) is 0. The summed E-state index contributed by atoms with van der Waals surface area (Å²) in [6.45, 7) is 1.55. The molecule has 1 heterocycles. The molecular formula is C13H12N2O. The van der Waals surface area contributed by atoms with Gasteiger partial charge in [0.15, 0.2) is 0 Å². The van der Waals surface area contributed by atoms with Crippen LogP contribution in [0.1, 0.15) is 12.6 Å². The summed E-state index contributed by atoms with van der Waals surface area (Å²) < 4.78 is 0. The Morgan fingerprint density at radius 2 is 1.94 bits per heavy atom. The predicted octanol–water partition coefficient (Wildman–Crippen LogP) is 2.28. The Hall–Kier alpha value is -2.03. The smallest absolute Gasteiger partial charge is 0.135 e. The standard InChI is InChI=1S/C13H12N2O/c1-10(16)7-12-8-14-9-13(15-12)11-5-3-2-4-6-11/h2-6,8-9H,7H2,1H3. The molecule has 1 aromatic heterocycles. The highest BCUT2D eigenvalue weighted by atomic mass is 16.1. The second kappa shape index (κ2) is 4.66. The average Bonchev–Trinajstić information content (AvgIpc) is 2.30. The highest BCUT2D eigenvalue weighted by molar-refractivity contribution is 5.77. The lowest BCUT2D eigenvalue weighted by Gasteiger charge is -2.02. The van der Waals surface area contributed by atoms with Crippen LogP contribution in [0.2, 0.25) is 0 Å². The Morgan fingerprint density at radius 3 is 2.62 bits per heavy atom. The van der Waals surface area contributed by atoms with Crippen LogP contribution in [-0.4, -0.2) is 15.8 Å². The molecule has 0 aliphatic heterocycles. The van der Waals surface area contributed by atoms with E-state index >= 15 is 0 Å². The number of hydrogen-bond acceptors (Lipinski definition) is 3.